The molecule has 1 aromatic heterocycles. The van der Waals surface area contributed by atoms with Crippen molar-refractivity contribution < 1.29 is 19.1 Å². The topological polar surface area (TPSA) is 87.7 Å². The molecule has 3 amide bonds. The van der Waals surface area contributed by atoms with Crippen LogP contribution < -0.4 is 15.5 Å². The van der Waals surface area contributed by atoms with Gasteiger partial charge in [0.2, 0.25) is 5.91 Å². The Morgan fingerprint density at radius 2 is 2.16 bits per heavy atom. The molecule has 2 aromatic rings. The van der Waals surface area contributed by atoms with Crippen molar-refractivity contribution in [2.24, 2.45) is 0 Å². The summed E-state index contributed by atoms with van der Waals surface area (Å²) in [6.07, 6.45) is 5.72. The molecule has 0 aliphatic carbocycles. The summed E-state index contributed by atoms with van der Waals surface area (Å²) < 4.78 is 5.17. The molecule has 1 aromatic carbocycles. The number of anilines is 2. The van der Waals surface area contributed by atoms with E-state index < -0.39 is 6.04 Å². The summed E-state index contributed by atoms with van der Waals surface area (Å²) in [5.41, 5.74) is 2.22. The summed E-state index contributed by atoms with van der Waals surface area (Å²) in [5.74, 6) is 2.12. The number of morpholine rings is 1. The van der Waals surface area contributed by atoms with Crippen LogP contribution in [0.15, 0.2) is 30.3 Å². The van der Waals surface area contributed by atoms with Crippen LogP contribution in [0.4, 0.5) is 11.4 Å². The van der Waals surface area contributed by atoms with Gasteiger partial charge in [-0.1, -0.05) is 5.92 Å². The monoisotopic (exact) mass is 457 g/mol. The highest BCUT2D eigenvalue weighted by Gasteiger charge is 2.24. The van der Waals surface area contributed by atoms with Crippen LogP contribution in [0.25, 0.3) is 0 Å². The Morgan fingerprint density at radius 3 is 2.81 bits per heavy atom. The summed E-state index contributed by atoms with van der Waals surface area (Å²) in [6.45, 7) is 2.92. The van der Waals surface area contributed by atoms with Gasteiger partial charge in [0.05, 0.1) is 16.4 Å². The predicted octanol–water partition coefficient (Wildman–Crippen LogP) is 2.46. The number of aryl methyl sites for hydroxylation is 1. The molecule has 0 saturated carbocycles. The summed E-state index contributed by atoms with van der Waals surface area (Å²) in [4.78, 5) is 40.2. The molecular formula is C22H23N3O4S2. The molecule has 31 heavy (non-hydrogen) atoms. The minimum Gasteiger partial charge on any atom is -0.370 e. The fourth-order valence-corrected chi connectivity index (χ4v) is 4.18. The lowest BCUT2D eigenvalue weighted by molar-refractivity contribution is -0.125. The summed E-state index contributed by atoms with van der Waals surface area (Å²) in [6, 6.07) is 7.92. The van der Waals surface area contributed by atoms with Crippen LogP contribution in [0.1, 0.15) is 26.5 Å². The maximum Gasteiger partial charge on any atom is 0.262 e. The third-order valence-electron chi connectivity index (χ3n) is 4.75. The first kappa shape index (κ1) is 22.9. The quantitative estimate of drug-likeness (QED) is 0.440. The minimum atomic E-state index is -0.748. The zero-order valence-corrected chi connectivity index (χ0v) is 18.7. The Kier molecular flexibility index (Phi) is 7.74. The van der Waals surface area contributed by atoms with E-state index in [-0.39, 0.29) is 24.3 Å². The third kappa shape index (κ3) is 5.67. The Bertz CT molecular complexity index is 1030. The number of hydrogen-bond donors (Lipinski definition) is 3. The number of hydrogen-bond acceptors (Lipinski definition) is 6. The molecule has 3 rings (SSSR count). The molecule has 1 atom stereocenters. The lowest BCUT2D eigenvalue weighted by Gasteiger charge is -2.28. The molecule has 0 radical (unpaired) electrons. The van der Waals surface area contributed by atoms with Crippen LogP contribution in [0.3, 0.4) is 0 Å². The van der Waals surface area contributed by atoms with Gasteiger partial charge < -0.3 is 20.3 Å². The lowest BCUT2D eigenvalue weighted by Crippen LogP contribution is -2.44. The minimum absolute atomic E-state index is 0.0656. The third-order valence-corrected chi connectivity index (χ3v) is 6.03. The number of rotatable bonds is 7. The number of carbonyl (C=O) groups is 3. The van der Waals surface area contributed by atoms with E-state index in [1.54, 1.807) is 35.2 Å². The number of terminal acetylenes is 1. The summed E-state index contributed by atoms with van der Waals surface area (Å²) in [7, 11) is 0. The fraction of sp³-hybridized carbons (Fsp3) is 0.318. The highest BCUT2D eigenvalue weighted by atomic mass is 32.1. The van der Waals surface area contributed by atoms with Crippen LogP contribution in [0, 0.1) is 19.3 Å². The molecule has 1 aliphatic rings. The molecule has 1 saturated heterocycles. The van der Waals surface area contributed by atoms with E-state index in [0.717, 1.165) is 11.3 Å². The number of amides is 3. The zero-order chi connectivity index (χ0) is 22.4. The van der Waals surface area contributed by atoms with Crippen LogP contribution in [-0.4, -0.2) is 49.3 Å². The number of benzene rings is 1. The smallest absolute Gasteiger partial charge is 0.262 e. The highest BCUT2D eigenvalue weighted by Crippen LogP contribution is 2.25. The Hall–Kier alpha value is -2.80. The van der Waals surface area contributed by atoms with Gasteiger partial charge in [-0.15, -0.1) is 17.8 Å². The lowest BCUT2D eigenvalue weighted by atomic mass is 10.1. The van der Waals surface area contributed by atoms with Crippen molar-refractivity contribution in [1.82, 2.24) is 5.32 Å². The second-order valence-corrected chi connectivity index (χ2v) is 8.47. The van der Waals surface area contributed by atoms with Crippen LogP contribution in [-0.2, 0) is 14.3 Å². The van der Waals surface area contributed by atoms with Gasteiger partial charge in [-0.3, -0.25) is 14.4 Å². The molecule has 2 N–H and O–H groups in total. The van der Waals surface area contributed by atoms with E-state index >= 15 is 0 Å². The highest BCUT2D eigenvalue weighted by molar-refractivity contribution is 7.80. The average Bonchev–Trinajstić information content (AvgIpc) is 3.24. The van der Waals surface area contributed by atoms with Gasteiger partial charge >= 0.3 is 0 Å². The molecular weight excluding hydrogens is 434 g/mol. The van der Waals surface area contributed by atoms with Crippen molar-refractivity contribution in [2.75, 3.05) is 35.7 Å². The van der Waals surface area contributed by atoms with E-state index in [4.69, 9.17) is 11.2 Å². The van der Waals surface area contributed by atoms with Gasteiger partial charge in [0.1, 0.15) is 12.6 Å². The van der Waals surface area contributed by atoms with Gasteiger partial charge in [-0.05, 0) is 55.0 Å². The first-order chi connectivity index (χ1) is 14.9. The van der Waals surface area contributed by atoms with Crippen molar-refractivity contribution in [1.29, 1.82) is 0 Å². The largest absolute Gasteiger partial charge is 0.370 e. The number of ether oxygens (including phenoxy) is 1. The predicted molar refractivity (Wildman–Crippen MR) is 125 cm³/mol. The van der Waals surface area contributed by atoms with Crippen molar-refractivity contribution in [3.05, 3.63) is 45.6 Å². The molecule has 162 valence electrons. The molecule has 0 spiro atoms. The first-order valence-electron chi connectivity index (χ1n) is 9.70. The van der Waals surface area contributed by atoms with E-state index in [0.29, 0.717) is 40.8 Å². The number of thiol groups is 1. The number of nitrogens with one attached hydrogen (secondary N) is 2. The van der Waals surface area contributed by atoms with Crippen molar-refractivity contribution in [3.63, 3.8) is 0 Å². The molecule has 9 heteroatoms. The first-order valence-corrected chi connectivity index (χ1v) is 11.2. The Balaban J connectivity index is 1.68. The maximum atomic E-state index is 12.8. The average molecular weight is 458 g/mol. The van der Waals surface area contributed by atoms with E-state index in [1.807, 2.05) is 6.92 Å². The van der Waals surface area contributed by atoms with Crippen LogP contribution in [0.5, 0.6) is 0 Å². The molecule has 1 aliphatic heterocycles. The second-order valence-electron chi connectivity index (χ2n) is 6.94. The van der Waals surface area contributed by atoms with Crippen molar-refractivity contribution in [3.8, 4) is 12.3 Å². The molecule has 2 heterocycles. The standard InChI is InChI=1S/C22H23N3O4S2/c1-3-16-5-7-19(31-16)22(28)24-17(8-11-30)21(27)23-15-4-6-18(14(2)12-15)25-9-10-29-13-20(25)26/h1,4-7,12,17,30H,8-11,13H2,2H3,(H,23,27)(H,24,28). The fourth-order valence-electron chi connectivity index (χ4n) is 3.20. The van der Waals surface area contributed by atoms with Gasteiger partial charge in [-0.2, -0.15) is 12.6 Å². The van der Waals surface area contributed by atoms with E-state index in [1.165, 1.54) is 11.3 Å². The van der Waals surface area contributed by atoms with Crippen molar-refractivity contribution in [2.45, 2.75) is 19.4 Å². The molecule has 7 nitrogen and oxygen atoms in total. The molecule has 0 bridgehead atoms. The molecule has 1 unspecified atom stereocenters. The summed E-state index contributed by atoms with van der Waals surface area (Å²) >= 11 is 5.40. The van der Waals surface area contributed by atoms with Crippen LogP contribution >= 0.6 is 24.0 Å². The van der Waals surface area contributed by atoms with Gasteiger partial charge in [0.15, 0.2) is 0 Å². The SMILES string of the molecule is C#Cc1ccc(C(=O)NC(CCS)C(=O)Nc2ccc(N3CCOCC3=O)c(C)c2)s1. The van der Waals surface area contributed by atoms with E-state index in [9.17, 15) is 14.4 Å². The van der Waals surface area contributed by atoms with Gasteiger partial charge in [0, 0.05) is 17.9 Å². The van der Waals surface area contributed by atoms with Crippen LogP contribution in [0.2, 0.25) is 0 Å². The Labute approximate surface area is 190 Å². The zero-order valence-electron chi connectivity index (χ0n) is 17.0. The van der Waals surface area contributed by atoms with Gasteiger partial charge in [0.25, 0.3) is 11.8 Å². The second kappa shape index (κ2) is 10.5. The van der Waals surface area contributed by atoms with Gasteiger partial charge in [-0.25, -0.2) is 0 Å². The van der Waals surface area contributed by atoms with Crippen molar-refractivity contribution >= 4 is 53.1 Å². The number of carbonyl (C=O) groups excluding carboxylic acids is 3. The summed E-state index contributed by atoms with van der Waals surface area (Å²) in [5, 5.41) is 5.59. The number of thiophene rings is 1. The Morgan fingerprint density at radius 1 is 1.35 bits per heavy atom. The normalized spacial score (nSPS) is 14.6. The van der Waals surface area contributed by atoms with E-state index in [2.05, 4.69) is 29.2 Å². The maximum absolute atomic E-state index is 12.8. The molecule has 1 fully saturated rings. The number of nitrogens with zero attached hydrogens (tertiary/aromatic N) is 1.